The van der Waals surface area contributed by atoms with Crippen LogP contribution >= 0.6 is 11.8 Å². The van der Waals surface area contributed by atoms with Crippen molar-refractivity contribution in [1.29, 1.82) is 0 Å². The molecule has 0 fully saturated rings. The maximum absolute atomic E-state index is 13.0. The molecule has 5 nitrogen and oxygen atoms in total. The van der Waals surface area contributed by atoms with E-state index in [1.807, 2.05) is 24.3 Å². The Morgan fingerprint density at radius 1 is 1.19 bits per heavy atom. The number of carbonyl (C=O) groups excluding carboxylic acids is 2. The van der Waals surface area contributed by atoms with Crippen LogP contribution in [0.15, 0.2) is 58.5 Å². The topological polar surface area (TPSA) is 62.1 Å². The molecule has 0 aliphatic carbocycles. The highest BCUT2D eigenvalue weighted by molar-refractivity contribution is 8.14. The number of fused-ring (bicyclic) bond motifs is 3. The van der Waals surface area contributed by atoms with Crippen molar-refractivity contribution in [2.24, 2.45) is 9.98 Å². The number of amides is 1. The van der Waals surface area contributed by atoms with Crippen LogP contribution in [0.25, 0.3) is 0 Å². The summed E-state index contributed by atoms with van der Waals surface area (Å²) in [6, 6.07) is 12.4. The Balaban J connectivity index is 1.60. The molecule has 0 saturated heterocycles. The van der Waals surface area contributed by atoms with Gasteiger partial charge in [-0.05, 0) is 43.3 Å². The van der Waals surface area contributed by atoms with Gasteiger partial charge in [0.25, 0.3) is 5.91 Å². The number of thioether (sulfide) groups is 1. The monoisotopic (exact) mass is 367 g/mol. The molecule has 26 heavy (non-hydrogen) atoms. The number of halogens is 1. The minimum Gasteiger partial charge on any atom is -0.293 e. The summed E-state index contributed by atoms with van der Waals surface area (Å²) in [6.45, 7) is 1.74. The number of ketones is 1. The fourth-order valence-electron chi connectivity index (χ4n) is 2.82. The predicted molar refractivity (Wildman–Crippen MR) is 99.6 cm³/mol. The quantitative estimate of drug-likeness (QED) is 0.781. The number of aliphatic imine (C=N–C) groups is 2. The number of para-hydroxylation sites is 1. The fraction of sp³-hybridized carbons (Fsp3) is 0.158. The molecule has 1 unspecified atom stereocenters. The summed E-state index contributed by atoms with van der Waals surface area (Å²) in [6.07, 6.45) is 0. The molecule has 2 aliphatic heterocycles. The van der Waals surface area contributed by atoms with Gasteiger partial charge in [0.2, 0.25) is 0 Å². The molecule has 130 valence electrons. The van der Waals surface area contributed by atoms with Crippen LogP contribution in [0.3, 0.4) is 0 Å². The van der Waals surface area contributed by atoms with Gasteiger partial charge in [0, 0.05) is 11.1 Å². The largest absolute Gasteiger partial charge is 0.293 e. The molecule has 2 aliphatic rings. The summed E-state index contributed by atoms with van der Waals surface area (Å²) in [5, 5.41) is 0.437. The van der Waals surface area contributed by atoms with Gasteiger partial charge in [-0.3, -0.25) is 14.6 Å². The van der Waals surface area contributed by atoms with Gasteiger partial charge in [-0.25, -0.2) is 14.3 Å². The number of rotatable bonds is 3. The van der Waals surface area contributed by atoms with E-state index in [0.29, 0.717) is 16.6 Å². The van der Waals surface area contributed by atoms with Gasteiger partial charge in [-0.1, -0.05) is 23.9 Å². The van der Waals surface area contributed by atoms with Crippen molar-refractivity contribution in [3.63, 3.8) is 0 Å². The smallest absolute Gasteiger partial charge is 0.258 e. The van der Waals surface area contributed by atoms with Crippen LogP contribution in [0, 0.1) is 5.82 Å². The standard InChI is InChI=1S/C19H14FN3O2S/c1-11-18(25)23-17(21-11)14-4-2-3-5-15(14)22-19(23)26-10-16(24)12-6-8-13(20)9-7-12/h2-9,11H,10H2,1H3. The van der Waals surface area contributed by atoms with Gasteiger partial charge in [0.05, 0.1) is 11.4 Å². The number of hydrogen-bond acceptors (Lipinski definition) is 5. The SMILES string of the molecule is CC1N=C2c3ccccc3N=C(SCC(=O)c3ccc(F)cc3)N2C1=O. The Labute approximate surface area is 153 Å². The zero-order chi connectivity index (χ0) is 18.3. The minimum atomic E-state index is -0.477. The van der Waals surface area contributed by atoms with E-state index in [1.165, 1.54) is 40.9 Å². The third-order valence-electron chi connectivity index (χ3n) is 4.16. The highest BCUT2D eigenvalue weighted by Crippen LogP contribution is 2.33. The average molecular weight is 367 g/mol. The van der Waals surface area contributed by atoms with Gasteiger partial charge in [0.15, 0.2) is 11.0 Å². The van der Waals surface area contributed by atoms with Crippen LogP contribution in [0.4, 0.5) is 10.1 Å². The second-order valence-corrected chi connectivity index (χ2v) is 6.88. The Morgan fingerprint density at radius 2 is 1.92 bits per heavy atom. The molecule has 1 amide bonds. The number of carbonyl (C=O) groups is 2. The fourth-order valence-corrected chi connectivity index (χ4v) is 3.72. The molecule has 2 aromatic carbocycles. The Bertz CT molecular complexity index is 969. The minimum absolute atomic E-state index is 0.0953. The molecule has 0 radical (unpaired) electrons. The second kappa shape index (κ2) is 6.49. The van der Waals surface area contributed by atoms with Crippen molar-refractivity contribution in [3.8, 4) is 0 Å². The van der Waals surface area contributed by atoms with Crippen LogP contribution in [0.2, 0.25) is 0 Å². The Hall–Kier alpha value is -2.80. The molecule has 2 aromatic rings. The molecule has 0 N–H and O–H groups in total. The van der Waals surface area contributed by atoms with E-state index in [-0.39, 0.29) is 23.3 Å². The predicted octanol–water partition coefficient (Wildman–Crippen LogP) is 3.42. The first-order chi connectivity index (χ1) is 12.5. The second-order valence-electron chi connectivity index (χ2n) is 5.93. The molecule has 4 rings (SSSR count). The zero-order valence-electron chi connectivity index (χ0n) is 13.8. The van der Waals surface area contributed by atoms with Crippen molar-refractivity contribution in [3.05, 3.63) is 65.5 Å². The summed E-state index contributed by atoms with van der Waals surface area (Å²) in [4.78, 5) is 35.3. The number of Topliss-reactive ketones (excluding diaryl/α,β-unsaturated/α-hetero) is 1. The normalized spacial score (nSPS) is 18.2. The van der Waals surface area contributed by atoms with Gasteiger partial charge in [0.1, 0.15) is 17.7 Å². The van der Waals surface area contributed by atoms with Crippen molar-refractivity contribution >= 4 is 40.1 Å². The van der Waals surface area contributed by atoms with E-state index in [2.05, 4.69) is 9.98 Å². The molecule has 2 heterocycles. The lowest BCUT2D eigenvalue weighted by Crippen LogP contribution is -2.40. The van der Waals surface area contributed by atoms with E-state index in [9.17, 15) is 14.0 Å². The third kappa shape index (κ3) is 2.84. The summed E-state index contributed by atoms with van der Waals surface area (Å²) < 4.78 is 13.0. The molecular weight excluding hydrogens is 353 g/mol. The van der Waals surface area contributed by atoms with Gasteiger partial charge >= 0.3 is 0 Å². The first kappa shape index (κ1) is 16.7. The van der Waals surface area contributed by atoms with E-state index >= 15 is 0 Å². The Morgan fingerprint density at radius 3 is 2.69 bits per heavy atom. The van der Waals surface area contributed by atoms with Crippen molar-refractivity contribution in [2.45, 2.75) is 13.0 Å². The summed E-state index contributed by atoms with van der Waals surface area (Å²) in [5.41, 5.74) is 1.95. The van der Waals surface area contributed by atoms with Crippen LogP contribution in [-0.2, 0) is 4.79 Å². The molecule has 0 spiro atoms. The van der Waals surface area contributed by atoms with Crippen molar-refractivity contribution < 1.29 is 14.0 Å². The van der Waals surface area contributed by atoms with E-state index in [4.69, 9.17) is 0 Å². The lowest BCUT2D eigenvalue weighted by Gasteiger charge is -2.25. The molecular formula is C19H14FN3O2S. The number of hydrogen-bond donors (Lipinski definition) is 0. The van der Waals surface area contributed by atoms with Gasteiger partial charge in [-0.2, -0.15) is 0 Å². The van der Waals surface area contributed by atoms with E-state index in [1.54, 1.807) is 6.92 Å². The highest BCUT2D eigenvalue weighted by Gasteiger charge is 2.39. The average Bonchev–Trinajstić information content (AvgIpc) is 2.95. The molecule has 0 saturated carbocycles. The molecule has 0 aromatic heterocycles. The maximum Gasteiger partial charge on any atom is 0.258 e. The summed E-state index contributed by atoms with van der Waals surface area (Å²) in [5.74, 6) is -0.0348. The van der Waals surface area contributed by atoms with Gasteiger partial charge in [-0.15, -0.1) is 0 Å². The van der Waals surface area contributed by atoms with Gasteiger partial charge < -0.3 is 0 Å². The van der Waals surface area contributed by atoms with E-state index < -0.39 is 6.04 Å². The molecule has 1 atom stereocenters. The Kier molecular flexibility index (Phi) is 4.16. The van der Waals surface area contributed by atoms with Crippen LogP contribution in [0.1, 0.15) is 22.8 Å². The maximum atomic E-state index is 13.0. The van der Waals surface area contributed by atoms with E-state index in [0.717, 1.165) is 11.3 Å². The van der Waals surface area contributed by atoms with Crippen LogP contribution in [-0.4, -0.2) is 39.4 Å². The summed E-state index contributed by atoms with van der Waals surface area (Å²) >= 11 is 1.18. The third-order valence-corrected chi connectivity index (χ3v) is 5.09. The number of amidine groups is 2. The van der Waals surface area contributed by atoms with Crippen molar-refractivity contribution in [1.82, 2.24) is 4.90 Å². The number of benzene rings is 2. The van der Waals surface area contributed by atoms with Crippen LogP contribution < -0.4 is 0 Å². The number of nitrogens with zero attached hydrogens (tertiary/aromatic N) is 3. The first-order valence-corrected chi connectivity index (χ1v) is 9.04. The summed E-state index contributed by atoms with van der Waals surface area (Å²) in [7, 11) is 0. The molecule has 0 bridgehead atoms. The highest BCUT2D eigenvalue weighted by atomic mass is 32.2. The zero-order valence-corrected chi connectivity index (χ0v) is 14.7. The first-order valence-electron chi connectivity index (χ1n) is 8.06. The molecule has 7 heteroatoms. The van der Waals surface area contributed by atoms with Crippen LogP contribution in [0.5, 0.6) is 0 Å². The van der Waals surface area contributed by atoms with Crippen molar-refractivity contribution in [2.75, 3.05) is 5.75 Å². The lowest BCUT2D eigenvalue weighted by molar-refractivity contribution is -0.124. The lowest BCUT2D eigenvalue weighted by atomic mass is 10.1.